The zero-order valence-corrected chi connectivity index (χ0v) is 11.4. The highest BCUT2D eigenvalue weighted by Crippen LogP contribution is 2.34. The van der Waals surface area contributed by atoms with E-state index in [1.54, 1.807) is 0 Å². The molecule has 0 aliphatic carbocycles. The summed E-state index contributed by atoms with van der Waals surface area (Å²) in [6.07, 6.45) is 1.48. The zero-order valence-electron chi connectivity index (χ0n) is 11.4. The molecule has 1 atom stereocenters. The number of nitrogens with zero attached hydrogens (tertiary/aromatic N) is 3. The van der Waals surface area contributed by atoms with E-state index in [1.807, 2.05) is 11.0 Å². The normalized spacial score (nSPS) is 17.5. The van der Waals surface area contributed by atoms with Crippen molar-refractivity contribution in [3.63, 3.8) is 0 Å². The fourth-order valence-corrected chi connectivity index (χ4v) is 2.62. The van der Waals surface area contributed by atoms with E-state index >= 15 is 0 Å². The van der Waals surface area contributed by atoms with Crippen molar-refractivity contribution in [3.8, 4) is 6.07 Å². The average Bonchev–Trinajstić information content (AvgIpc) is 2.93. The molecule has 110 valence electrons. The van der Waals surface area contributed by atoms with Gasteiger partial charge in [-0.25, -0.2) is 0 Å². The van der Waals surface area contributed by atoms with Gasteiger partial charge in [-0.15, -0.1) is 0 Å². The number of nitro groups is 1. The summed E-state index contributed by atoms with van der Waals surface area (Å²) in [4.78, 5) is 23.1. The predicted molar refractivity (Wildman–Crippen MR) is 75.0 cm³/mol. The molecule has 2 rings (SSSR count). The molecule has 0 amide bonds. The van der Waals surface area contributed by atoms with Gasteiger partial charge in [0.15, 0.2) is 0 Å². The Morgan fingerprint density at radius 3 is 2.95 bits per heavy atom. The lowest BCUT2D eigenvalue weighted by Crippen LogP contribution is -2.21. The number of nitriles is 1. The van der Waals surface area contributed by atoms with Crippen LogP contribution in [0.4, 0.5) is 11.4 Å². The topological polar surface area (TPSA) is 107 Å². The molecule has 1 aliphatic rings. The molecule has 0 radical (unpaired) electrons. The van der Waals surface area contributed by atoms with Gasteiger partial charge >= 0.3 is 5.97 Å². The molecule has 1 fully saturated rings. The van der Waals surface area contributed by atoms with Crippen LogP contribution in [0, 0.1) is 27.4 Å². The van der Waals surface area contributed by atoms with E-state index in [0.29, 0.717) is 30.8 Å². The molecule has 0 saturated carbocycles. The third kappa shape index (κ3) is 3.48. The van der Waals surface area contributed by atoms with Crippen molar-refractivity contribution in [2.75, 3.05) is 18.0 Å². The first-order valence-electron chi connectivity index (χ1n) is 6.66. The molecule has 1 aliphatic heterocycles. The molecular weight excluding hydrogens is 274 g/mol. The Morgan fingerprint density at radius 2 is 2.33 bits per heavy atom. The van der Waals surface area contributed by atoms with E-state index in [-0.39, 0.29) is 18.0 Å². The number of nitro benzene ring substituents is 1. The molecule has 0 bridgehead atoms. The quantitative estimate of drug-likeness (QED) is 0.657. The summed E-state index contributed by atoms with van der Waals surface area (Å²) in [5.41, 5.74) is 0.800. The van der Waals surface area contributed by atoms with Gasteiger partial charge in [-0.1, -0.05) is 0 Å². The van der Waals surface area contributed by atoms with E-state index in [0.717, 1.165) is 6.42 Å². The molecule has 1 aromatic carbocycles. The van der Waals surface area contributed by atoms with Gasteiger partial charge in [0.2, 0.25) is 0 Å². The summed E-state index contributed by atoms with van der Waals surface area (Å²) < 4.78 is 0. The Bertz CT molecular complexity index is 609. The van der Waals surface area contributed by atoms with Crippen LogP contribution in [0.3, 0.4) is 0 Å². The first-order valence-corrected chi connectivity index (χ1v) is 6.66. The van der Waals surface area contributed by atoms with Gasteiger partial charge in [-0.3, -0.25) is 14.9 Å². The number of rotatable bonds is 5. The van der Waals surface area contributed by atoms with Crippen LogP contribution in [0.5, 0.6) is 0 Å². The largest absolute Gasteiger partial charge is 0.481 e. The van der Waals surface area contributed by atoms with Crippen LogP contribution in [0.1, 0.15) is 24.8 Å². The summed E-state index contributed by atoms with van der Waals surface area (Å²) in [7, 11) is 0. The lowest BCUT2D eigenvalue weighted by Gasteiger charge is -2.18. The summed E-state index contributed by atoms with van der Waals surface area (Å²) in [6, 6.07) is 6.28. The molecule has 1 unspecified atom stereocenters. The molecule has 7 nitrogen and oxygen atoms in total. The smallest absolute Gasteiger partial charge is 0.303 e. The Labute approximate surface area is 121 Å². The van der Waals surface area contributed by atoms with Gasteiger partial charge < -0.3 is 10.0 Å². The maximum atomic E-state index is 11.1. The molecule has 1 N–H and O–H groups in total. The second-order valence-corrected chi connectivity index (χ2v) is 5.11. The number of benzene rings is 1. The van der Waals surface area contributed by atoms with Gasteiger partial charge in [0.1, 0.15) is 5.69 Å². The predicted octanol–water partition coefficient (Wildman–Crippen LogP) is 2.16. The SMILES string of the molecule is N#Cc1ccc([N+](=O)[O-])c(N2CCC(CCC(=O)O)C2)c1. The highest BCUT2D eigenvalue weighted by Gasteiger charge is 2.28. The average molecular weight is 289 g/mol. The monoisotopic (exact) mass is 289 g/mol. The molecule has 1 heterocycles. The Morgan fingerprint density at radius 1 is 1.57 bits per heavy atom. The van der Waals surface area contributed by atoms with Crippen molar-refractivity contribution in [2.45, 2.75) is 19.3 Å². The second-order valence-electron chi connectivity index (χ2n) is 5.11. The molecule has 1 aromatic rings. The van der Waals surface area contributed by atoms with E-state index in [4.69, 9.17) is 10.4 Å². The van der Waals surface area contributed by atoms with Crippen LogP contribution in [0.25, 0.3) is 0 Å². The van der Waals surface area contributed by atoms with Crippen LogP contribution in [-0.2, 0) is 4.79 Å². The first kappa shape index (κ1) is 14.8. The van der Waals surface area contributed by atoms with E-state index in [2.05, 4.69) is 0 Å². The fraction of sp³-hybridized carbons (Fsp3) is 0.429. The van der Waals surface area contributed by atoms with Crippen LogP contribution >= 0.6 is 0 Å². The number of carboxylic acid groups (broad SMARTS) is 1. The summed E-state index contributed by atoms with van der Waals surface area (Å²) in [5.74, 6) is -0.614. The highest BCUT2D eigenvalue weighted by atomic mass is 16.6. The molecular formula is C14H15N3O4. The van der Waals surface area contributed by atoms with E-state index < -0.39 is 10.9 Å². The Hall–Kier alpha value is -2.62. The Kier molecular flexibility index (Phi) is 4.38. The standard InChI is InChI=1S/C14H15N3O4/c15-8-11-1-3-12(17(20)21)13(7-11)16-6-5-10(9-16)2-4-14(18)19/h1,3,7,10H,2,4-6,9H2,(H,18,19). The maximum absolute atomic E-state index is 11.1. The molecule has 7 heteroatoms. The fourth-order valence-electron chi connectivity index (χ4n) is 2.62. The van der Waals surface area contributed by atoms with Crippen molar-refractivity contribution in [1.29, 1.82) is 5.26 Å². The molecule has 21 heavy (non-hydrogen) atoms. The minimum absolute atomic E-state index is 0.0205. The summed E-state index contributed by atoms with van der Waals surface area (Å²) >= 11 is 0. The second kappa shape index (κ2) is 6.22. The molecule has 0 aromatic heterocycles. The van der Waals surface area contributed by atoms with Crippen molar-refractivity contribution >= 4 is 17.3 Å². The van der Waals surface area contributed by atoms with Crippen molar-refractivity contribution in [3.05, 3.63) is 33.9 Å². The lowest BCUT2D eigenvalue weighted by atomic mass is 10.0. The van der Waals surface area contributed by atoms with Crippen molar-refractivity contribution in [2.24, 2.45) is 5.92 Å². The molecule has 0 spiro atoms. The lowest BCUT2D eigenvalue weighted by molar-refractivity contribution is -0.384. The number of hydrogen-bond donors (Lipinski definition) is 1. The number of carbonyl (C=O) groups is 1. The van der Waals surface area contributed by atoms with Crippen LogP contribution < -0.4 is 4.90 Å². The highest BCUT2D eigenvalue weighted by molar-refractivity contribution is 5.67. The Balaban J connectivity index is 2.17. The number of hydrogen-bond acceptors (Lipinski definition) is 5. The van der Waals surface area contributed by atoms with Gasteiger partial charge in [0.05, 0.1) is 16.6 Å². The van der Waals surface area contributed by atoms with Gasteiger partial charge in [-0.05, 0) is 30.9 Å². The van der Waals surface area contributed by atoms with Gasteiger partial charge in [-0.2, -0.15) is 5.26 Å². The summed E-state index contributed by atoms with van der Waals surface area (Å²) in [5, 5.41) is 28.7. The zero-order chi connectivity index (χ0) is 15.4. The number of aliphatic carboxylic acids is 1. The minimum atomic E-state index is -0.828. The van der Waals surface area contributed by atoms with Crippen molar-refractivity contribution in [1.82, 2.24) is 0 Å². The van der Waals surface area contributed by atoms with E-state index in [9.17, 15) is 14.9 Å². The minimum Gasteiger partial charge on any atom is -0.481 e. The maximum Gasteiger partial charge on any atom is 0.303 e. The van der Waals surface area contributed by atoms with Crippen LogP contribution in [-0.4, -0.2) is 29.1 Å². The van der Waals surface area contributed by atoms with Gasteiger partial charge in [0.25, 0.3) is 5.69 Å². The van der Waals surface area contributed by atoms with Crippen LogP contribution in [0.2, 0.25) is 0 Å². The van der Waals surface area contributed by atoms with E-state index in [1.165, 1.54) is 18.2 Å². The molecule has 1 saturated heterocycles. The third-order valence-electron chi connectivity index (χ3n) is 3.69. The summed E-state index contributed by atoms with van der Waals surface area (Å²) in [6.45, 7) is 1.23. The first-order chi connectivity index (χ1) is 10.0. The van der Waals surface area contributed by atoms with Crippen LogP contribution in [0.15, 0.2) is 18.2 Å². The number of anilines is 1. The van der Waals surface area contributed by atoms with Crippen molar-refractivity contribution < 1.29 is 14.8 Å². The van der Waals surface area contributed by atoms with Gasteiger partial charge in [0, 0.05) is 25.6 Å². The number of carboxylic acids is 1. The third-order valence-corrected chi connectivity index (χ3v) is 3.69.